The number of H-pyrrole nitrogens is 1. The first-order chi connectivity index (χ1) is 15.1. The van der Waals surface area contributed by atoms with Gasteiger partial charge in [-0.25, -0.2) is 4.98 Å². The SMILES string of the molecule is Cc1ccc(-c2n[nH]c(=S)n2CC(=O)Nc2nc(-c3ccc4c(c3)OCO4)cs2)cc1. The fourth-order valence-electron chi connectivity index (χ4n) is 3.21. The lowest BCUT2D eigenvalue weighted by molar-refractivity contribution is -0.116. The molecule has 0 saturated carbocycles. The molecule has 4 aromatic rings. The number of rotatable bonds is 5. The molecule has 2 aromatic carbocycles. The van der Waals surface area contributed by atoms with Crippen molar-refractivity contribution in [2.45, 2.75) is 13.5 Å². The average Bonchev–Trinajstić information content (AvgIpc) is 3.49. The number of carbonyl (C=O) groups is 1. The van der Waals surface area contributed by atoms with Gasteiger partial charge >= 0.3 is 0 Å². The largest absolute Gasteiger partial charge is 0.454 e. The molecule has 0 atom stereocenters. The van der Waals surface area contributed by atoms with Gasteiger partial charge in [0.2, 0.25) is 12.7 Å². The van der Waals surface area contributed by atoms with E-state index in [-0.39, 0.29) is 19.2 Å². The smallest absolute Gasteiger partial charge is 0.246 e. The summed E-state index contributed by atoms with van der Waals surface area (Å²) in [6, 6.07) is 13.5. The molecule has 0 saturated heterocycles. The average molecular weight is 452 g/mol. The summed E-state index contributed by atoms with van der Waals surface area (Å²) in [7, 11) is 0. The van der Waals surface area contributed by atoms with Gasteiger partial charge in [-0.3, -0.25) is 14.5 Å². The first-order valence-corrected chi connectivity index (χ1v) is 10.7. The Morgan fingerprint density at radius 1 is 1.19 bits per heavy atom. The monoisotopic (exact) mass is 451 g/mol. The van der Waals surface area contributed by atoms with Gasteiger partial charge in [-0.2, -0.15) is 5.10 Å². The molecule has 3 heterocycles. The van der Waals surface area contributed by atoms with Gasteiger partial charge in [-0.05, 0) is 37.3 Å². The Bertz CT molecular complexity index is 1320. The Morgan fingerprint density at radius 2 is 1.97 bits per heavy atom. The van der Waals surface area contributed by atoms with Crippen LogP contribution in [-0.4, -0.2) is 32.4 Å². The van der Waals surface area contributed by atoms with Crippen LogP contribution in [0.5, 0.6) is 11.5 Å². The summed E-state index contributed by atoms with van der Waals surface area (Å²) >= 11 is 6.67. The van der Waals surface area contributed by atoms with Crippen LogP contribution in [-0.2, 0) is 11.3 Å². The number of amides is 1. The molecule has 0 aliphatic carbocycles. The summed E-state index contributed by atoms with van der Waals surface area (Å²) in [5.41, 5.74) is 3.66. The molecule has 156 valence electrons. The van der Waals surface area contributed by atoms with Crippen molar-refractivity contribution in [1.29, 1.82) is 0 Å². The molecular weight excluding hydrogens is 434 g/mol. The number of carbonyl (C=O) groups excluding carboxylic acids is 1. The minimum atomic E-state index is -0.238. The lowest BCUT2D eigenvalue weighted by Gasteiger charge is -2.07. The lowest BCUT2D eigenvalue weighted by atomic mass is 10.1. The van der Waals surface area contributed by atoms with Crippen molar-refractivity contribution >= 4 is 34.6 Å². The predicted molar refractivity (Wildman–Crippen MR) is 120 cm³/mol. The van der Waals surface area contributed by atoms with Crippen LogP contribution in [0.15, 0.2) is 47.8 Å². The fraction of sp³-hybridized carbons (Fsp3) is 0.143. The fourth-order valence-corrected chi connectivity index (χ4v) is 4.14. The van der Waals surface area contributed by atoms with Crippen LogP contribution in [0.1, 0.15) is 5.56 Å². The number of hydrogen-bond donors (Lipinski definition) is 2. The van der Waals surface area contributed by atoms with Gasteiger partial charge in [0.1, 0.15) is 6.54 Å². The molecule has 0 bridgehead atoms. The second-order valence-electron chi connectivity index (χ2n) is 6.96. The normalized spacial score (nSPS) is 12.2. The second kappa shape index (κ2) is 7.97. The number of nitrogens with one attached hydrogen (secondary N) is 2. The minimum absolute atomic E-state index is 0.0253. The van der Waals surface area contributed by atoms with E-state index < -0.39 is 0 Å². The van der Waals surface area contributed by atoms with E-state index in [2.05, 4.69) is 20.5 Å². The summed E-state index contributed by atoms with van der Waals surface area (Å²) in [6.07, 6.45) is 0. The van der Waals surface area contributed by atoms with E-state index in [1.165, 1.54) is 11.3 Å². The maximum atomic E-state index is 12.7. The molecular formula is C21H17N5O3S2. The molecule has 0 fully saturated rings. The number of hydrogen-bond acceptors (Lipinski definition) is 7. The summed E-state index contributed by atoms with van der Waals surface area (Å²) in [5.74, 6) is 1.78. The van der Waals surface area contributed by atoms with E-state index in [0.29, 0.717) is 27.2 Å². The number of ether oxygens (including phenoxy) is 2. The number of thiazole rings is 1. The molecule has 0 unspecified atom stereocenters. The summed E-state index contributed by atoms with van der Waals surface area (Å²) in [4.78, 5) is 17.2. The molecule has 1 amide bonds. The Balaban J connectivity index is 1.32. The highest BCUT2D eigenvalue weighted by atomic mass is 32.1. The van der Waals surface area contributed by atoms with Crippen LogP contribution >= 0.6 is 23.6 Å². The maximum absolute atomic E-state index is 12.7. The molecule has 31 heavy (non-hydrogen) atoms. The van der Waals surface area contributed by atoms with Crippen molar-refractivity contribution in [2.75, 3.05) is 12.1 Å². The van der Waals surface area contributed by atoms with Gasteiger partial charge < -0.3 is 14.8 Å². The third-order valence-corrected chi connectivity index (χ3v) is 5.86. The summed E-state index contributed by atoms with van der Waals surface area (Å²) < 4.78 is 12.8. The number of benzene rings is 2. The van der Waals surface area contributed by atoms with Crippen molar-refractivity contribution in [3.8, 4) is 34.1 Å². The van der Waals surface area contributed by atoms with Crippen LogP contribution in [0.2, 0.25) is 0 Å². The summed E-state index contributed by atoms with van der Waals surface area (Å²) in [6.45, 7) is 2.26. The van der Waals surface area contributed by atoms with Gasteiger partial charge in [0.05, 0.1) is 5.69 Å². The third-order valence-electron chi connectivity index (χ3n) is 4.79. The van der Waals surface area contributed by atoms with Gasteiger partial charge in [-0.1, -0.05) is 29.8 Å². The number of aromatic amines is 1. The number of aryl methyl sites for hydroxylation is 1. The topological polar surface area (TPSA) is 94.1 Å². The van der Waals surface area contributed by atoms with Crippen molar-refractivity contribution in [2.24, 2.45) is 0 Å². The van der Waals surface area contributed by atoms with Crippen molar-refractivity contribution in [3.63, 3.8) is 0 Å². The Hall–Kier alpha value is -3.50. The zero-order valence-corrected chi connectivity index (χ0v) is 18.0. The molecule has 8 nitrogen and oxygen atoms in total. The highest BCUT2D eigenvalue weighted by Crippen LogP contribution is 2.36. The third kappa shape index (κ3) is 3.94. The first kappa shape index (κ1) is 19.5. The van der Waals surface area contributed by atoms with E-state index in [4.69, 9.17) is 21.7 Å². The van der Waals surface area contributed by atoms with Crippen LogP contribution < -0.4 is 14.8 Å². The van der Waals surface area contributed by atoms with E-state index >= 15 is 0 Å². The molecule has 1 aliphatic heterocycles. The highest BCUT2D eigenvalue weighted by Gasteiger charge is 2.17. The lowest BCUT2D eigenvalue weighted by Crippen LogP contribution is -2.19. The van der Waals surface area contributed by atoms with E-state index in [1.54, 1.807) is 4.57 Å². The zero-order valence-electron chi connectivity index (χ0n) is 16.4. The number of nitrogens with zero attached hydrogens (tertiary/aromatic N) is 3. The van der Waals surface area contributed by atoms with Crippen LogP contribution in [0.4, 0.5) is 5.13 Å². The molecule has 10 heteroatoms. The number of aromatic nitrogens is 4. The van der Waals surface area contributed by atoms with Gasteiger partial charge in [0, 0.05) is 16.5 Å². The number of fused-ring (bicyclic) bond motifs is 1. The predicted octanol–water partition coefficient (Wildman–Crippen LogP) is 4.41. The van der Waals surface area contributed by atoms with E-state index in [0.717, 1.165) is 22.4 Å². The molecule has 2 N–H and O–H groups in total. The van der Waals surface area contributed by atoms with Gasteiger partial charge in [0.25, 0.3) is 0 Å². The minimum Gasteiger partial charge on any atom is -0.454 e. The Labute approximate surface area is 186 Å². The van der Waals surface area contributed by atoms with Crippen LogP contribution in [0.3, 0.4) is 0 Å². The van der Waals surface area contributed by atoms with Crippen LogP contribution in [0.25, 0.3) is 22.6 Å². The standard InChI is InChI=1S/C21H17N5O3S2/c1-12-2-4-13(5-3-12)19-24-25-21(30)26(19)9-18(27)23-20-22-15(10-31-20)14-6-7-16-17(8-14)29-11-28-16/h2-8,10H,9,11H2,1H3,(H,25,30)(H,22,23,27). The summed E-state index contributed by atoms with van der Waals surface area (Å²) in [5, 5.41) is 12.3. The number of anilines is 1. The Morgan fingerprint density at radius 3 is 2.81 bits per heavy atom. The highest BCUT2D eigenvalue weighted by molar-refractivity contribution is 7.71. The molecule has 2 aromatic heterocycles. The van der Waals surface area contributed by atoms with Crippen LogP contribution in [0, 0.1) is 11.7 Å². The van der Waals surface area contributed by atoms with E-state index in [1.807, 2.05) is 54.8 Å². The maximum Gasteiger partial charge on any atom is 0.246 e. The second-order valence-corrected chi connectivity index (χ2v) is 8.20. The quantitative estimate of drug-likeness (QED) is 0.437. The van der Waals surface area contributed by atoms with Crippen molar-refractivity contribution in [3.05, 3.63) is 58.2 Å². The molecule has 1 aliphatic rings. The molecule has 5 rings (SSSR count). The van der Waals surface area contributed by atoms with Gasteiger partial charge in [0.15, 0.2) is 27.2 Å². The van der Waals surface area contributed by atoms with E-state index in [9.17, 15) is 4.79 Å². The van der Waals surface area contributed by atoms with Gasteiger partial charge in [-0.15, -0.1) is 11.3 Å². The Kier molecular flexibility index (Phi) is 5.00. The molecule has 0 radical (unpaired) electrons. The first-order valence-electron chi connectivity index (χ1n) is 9.44. The van der Waals surface area contributed by atoms with Crippen molar-refractivity contribution < 1.29 is 14.3 Å². The van der Waals surface area contributed by atoms with Crippen molar-refractivity contribution in [1.82, 2.24) is 19.7 Å². The zero-order chi connectivity index (χ0) is 21.4. The molecule has 0 spiro atoms.